The zero-order valence-electron chi connectivity index (χ0n) is 11.9. The van der Waals surface area contributed by atoms with Crippen molar-refractivity contribution in [2.75, 3.05) is 13.1 Å². The minimum atomic E-state index is -0.425. The number of rotatable bonds is 2. The number of likely N-dealkylation sites (tertiary alicyclic amines) is 1. The van der Waals surface area contributed by atoms with E-state index in [9.17, 15) is 4.79 Å². The molecule has 0 bridgehead atoms. The van der Waals surface area contributed by atoms with Crippen molar-refractivity contribution in [3.05, 3.63) is 12.5 Å². The van der Waals surface area contributed by atoms with Gasteiger partial charge in [0.15, 0.2) is 0 Å². The lowest BCUT2D eigenvalue weighted by molar-refractivity contribution is -0.0455. The van der Waals surface area contributed by atoms with Crippen LogP contribution in [0.25, 0.3) is 0 Å². The highest BCUT2D eigenvalue weighted by atomic mass is 16.7. The van der Waals surface area contributed by atoms with Crippen molar-refractivity contribution in [2.45, 2.75) is 51.9 Å². The third-order valence-corrected chi connectivity index (χ3v) is 3.31. The molecule has 1 fully saturated rings. The Morgan fingerprint density at radius 1 is 1.26 bits per heavy atom. The van der Waals surface area contributed by atoms with Crippen molar-refractivity contribution >= 4 is 6.09 Å². The number of piperidine rings is 1. The zero-order chi connectivity index (χ0) is 13.9. The molecular formula is C14H23NO4. The summed E-state index contributed by atoms with van der Waals surface area (Å²) in [5.74, 6) is 0.545. The number of hydrogen-bond donors (Lipinski definition) is 0. The molecule has 0 unspecified atom stereocenters. The quantitative estimate of drug-likeness (QED) is 0.773. The van der Waals surface area contributed by atoms with Crippen LogP contribution >= 0.6 is 0 Å². The molecule has 2 aliphatic heterocycles. The Morgan fingerprint density at radius 3 is 2.37 bits per heavy atom. The van der Waals surface area contributed by atoms with Crippen LogP contribution in [0.1, 0.15) is 40.0 Å². The Hall–Kier alpha value is -1.39. The molecule has 0 radical (unpaired) electrons. The van der Waals surface area contributed by atoms with Gasteiger partial charge in [0.05, 0.1) is 0 Å². The second-order valence-electron chi connectivity index (χ2n) is 6.12. The van der Waals surface area contributed by atoms with Gasteiger partial charge >= 0.3 is 6.09 Å². The van der Waals surface area contributed by atoms with Crippen LogP contribution in [0.15, 0.2) is 12.5 Å². The smallest absolute Gasteiger partial charge is 0.410 e. The summed E-state index contributed by atoms with van der Waals surface area (Å²) in [7, 11) is 0. The van der Waals surface area contributed by atoms with Crippen molar-refractivity contribution < 1.29 is 19.0 Å². The van der Waals surface area contributed by atoms with Gasteiger partial charge in [-0.15, -0.1) is 0 Å². The summed E-state index contributed by atoms with van der Waals surface area (Å²) in [6.07, 6.45) is 5.65. The van der Waals surface area contributed by atoms with E-state index >= 15 is 0 Å². The fraction of sp³-hybridized carbons (Fsp3) is 0.786. The fourth-order valence-electron chi connectivity index (χ4n) is 2.33. The highest BCUT2D eigenvalue weighted by molar-refractivity contribution is 5.68. The summed E-state index contributed by atoms with van der Waals surface area (Å²) in [6, 6.07) is 0. The molecule has 5 nitrogen and oxygen atoms in total. The first-order chi connectivity index (χ1) is 8.94. The second kappa shape index (κ2) is 5.72. The second-order valence-corrected chi connectivity index (χ2v) is 6.12. The van der Waals surface area contributed by atoms with Crippen molar-refractivity contribution in [1.82, 2.24) is 4.90 Å². The summed E-state index contributed by atoms with van der Waals surface area (Å²) >= 11 is 0. The van der Waals surface area contributed by atoms with Gasteiger partial charge in [-0.05, 0) is 39.5 Å². The van der Waals surface area contributed by atoms with Crippen LogP contribution in [0.3, 0.4) is 0 Å². The summed E-state index contributed by atoms with van der Waals surface area (Å²) < 4.78 is 15.9. The number of amides is 1. The standard InChI is InChI=1S/C14H23NO4/c1-14(2,3)19-13(16)15-6-4-11(5-7-15)10-12-17-8-9-18-12/h8-9,11-12H,4-7,10H2,1-3H3. The molecule has 2 aliphatic rings. The molecule has 19 heavy (non-hydrogen) atoms. The van der Waals surface area contributed by atoms with Crippen molar-refractivity contribution in [1.29, 1.82) is 0 Å². The molecule has 0 aromatic carbocycles. The van der Waals surface area contributed by atoms with E-state index in [1.165, 1.54) is 0 Å². The topological polar surface area (TPSA) is 48.0 Å². The SMILES string of the molecule is CC(C)(C)OC(=O)N1CCC(CC2OC=CO2)CC1. The molecule has 5 heteroatoms. The lowest BCUT2D eigenvalue weighted by Gasteiger charge is -2.33. The van der Waals surface area contributed by atoms with Gasteiger partial charge in [0.2, 0.25) is 6.29 Å². The molecule has 0 atom stereocenters. The van der Waals surface area contributed by atoms with E-state index in [4.69, 9.17) is 14.2 Å². The van der Waals surface area contributed by atoms with Gasteiger partial charge in [-0.25, -0.2) is 4.79 Å². The number of ether oxygens (including phenoxy) is 3. The molecule has 2 rings (SSSR count). The largest absolute Gasteiger partial charge is 0.459 e. The van der Waals surface area contributed by atoms with Crippen LogP contribution in [0.2, 0.25) is 0 Å². The van der Waals surface area contributed by atoms with E-state index in [1.807, 2.05) is 20.8 Å². The third-order valence-electron chi connectivity index (χ3n) is 3.31. The Kier molecular flexibility index (Phi) is 4.22. The van der Waals surface area contributed by atoms with Crippen molar-refractivity contribution in [3.63, 3.8) is 0 Å². The van der Waals surface area contributed by atoms with Gasteiger partial charge in [0, 0.05) is 19.5 Å². The maximum absolute atomic E-state index is 11.9. The normalized spacial score (nSPS) is 21.1. The summed E-state index contributed by atoms with van der Waals surface area (Å²) in [6.45, 7) is 7.16. The van der Waals surface area contributed by atoms with Crippen LogP contribution in [0.4, 0.5) is 4.79 Å². The lowest BCUT2D eigenvalue weighted by Crippen LogP contribution is -2.42. The van der Waals surface area contributed by atoms with E-state index in [0.29, 0.717) is 5.92 Å². The van der Waals surface area contributed by atoms with E-state index < -0.39 is 5.60 Å². The predicted octanol–water partition coefficient (Wildman–Crippen LogP) is 2.87. The molecule has 0 spiro atoms. The molecule has 0 saturated carbocycles. The van der Waals surface area contributed by atoms with Gasteiger partial charge in [0.1, 0.15) is 18.1 Å². The summed E-state index contributed by atoms with van der Waals surface area (Å²) in [5.41, 5.74) is -0.425. The van der Waals surface area contributed by atoms with Gasteiger partial charge < -0.3 is 19.1 Å². The number of hydrogen-bond acceptors (Lipinski definition) is 4. The number of carbonyl (C=O) groups is 1. The summed E-state index contributed by atoms with van der Waals surface area (Å²) in [4.78, 5) is 13.7. The monoisotopic (exact) mass is 269 g/mol. The Balaban J connectivity index is 1.71. The van der Waals surface area contributed by atoms with Gasteiger partial charge in [-0.3, -0.25) is 0 Å². The first-order valence-corrected chi connectivity index (χ1v) is 6.88. The first kappa shape index (κ1) is 14.0. The van der Waals surface area contributed by atoms with Crippen LogP contribution in [0, 0.1) is 5.92 Å². The molecule has 0 aliphatic carbocycles. The average molecular weight is 269 g/mol. The minimum absolute atomic E-state index is 0.141. The van der Waals surface area contributed by atoms with Gasteiger partial charge in [0.25, 0.3) is 0 Å². The Morgan fingerprint density at radius 2 is 1.84 bits per heavy atom. The van der Waals surface area contributed by atoms with Crippen LogP contribution in [-0.4, -0.2) is 36.0 Å². The lowest BCUT2D eigenvalue weighted by atomic mass is 9.93. The van der Waals surface area contributed by atoms with E-state index in [2.05, 4.69) is 0 Å². The van der Waals surface area contributed by atoms with Gasteiger partial charge in [-0.2, -0.15) is 0 Å². The number of nitrogens with zero attached hydrogens (tertiary/aromatic N) is 1. The van der Waals surface area contributed by atoms with Crippen LogP contribution in [0.5, 0.6) is 0 Å². The molecule has 0 N–H and O–H groups in total. The van der Waals surface area contributed by atoms with Crippen molar-refractivity contribution in [3.8, 4) is 0 Å². The maximum Gasteiger partial charge on any atom is 0.410 e. The molecule has 0 aromatic rings. The molecule has 1 amide bonds. The van der Waals surface area contributed by atoms with Crippen LogP contribution < -0.4 is 0 Å². The Bertz CT molecular complexity index is 332. The molecule has 108 valence electrons. The van der Waals surface area contributed by atoms with Gasteiger partial charge in [-0.1, -0.05) is 0 Å². The van der Waals surface area contributed by atoms with E-state index in [0.717, 1.165) is 32.4 Å². The summed E-state index contributed by atoms with van der Waals surface area (Å²) in [5, 5.41) is 0. The van der Waals surface area contributed by atoms with E-state index in [-0.39, 0.29) is 12.4 Å². The molecule has 0 aromatic heterocycles. The molecular weight excluding hydrogens is 246 g/mol. The number of carbonyl (C=O) groups excluding carboxylic acids is 1. The van der Waals surface area contributed by atoms with Crippen molar-refractivity contribution in [2.24, 2.45) is 5.92 Å². The highest BCUT2D eigenvalue weighted by Gasteiger charge is 2.29. The first-order valence-electron chi connectivity index (χ1n) is 6.88. The average Bonchev–Trinajstić information content (AvgIpc) is 2.80. The maximum atomic E-state index is 11.9. The van der Waals surface area contributed by atoms with Crippen LogP contribution in [-0.2, 0) is 14.2 Å². The molecule has 2 heterocycles. The molecule has 1 saturated heterocycles. The Labute approximate surface area is 114 Å². The third kappa shape index (κ3) is 4.33. The van der Waals surface area contributed by atoms with E-state index in [1.54, 1.807) is 17.4 Å². The predicted molar refractivity (Wildman–Crippen MR) is 70.2 cm³/mol. The zero-order valence-corrected chi connectivity index (χ0v) is 11.9. The fourth-order valence-corrected chi connectivity index (χ4v) is 2.33. The highest BCUT2D eigenvalue weighted by Crippen LogP contribution is 2.26. The minimum Gasteiger partial charge on any atom is -0.459 e.